The molecular formula is C17H32N2O. The predicted molar refractivity (Wildman–Crippen MR) is 85.9 cm³/mol. The Kier molecular flexibility index (Phi) is 6.77. The number of furan rings is 1. The van der Waals surface area contributed by atoms with Crippen molar-refractivity contribution in [2.75, 3.05) is 20.1 Å². The van der Waals surface area contributed by atoms with Crippen molar-refractivity contribution in [1.82, 2.24) is 10.2 Å². The fourth-order valence-electron chi connectivity index (χ4n) is 2.42. The van der Waals surface area contributed by atoms with Crippen LogP contribution in [0, 0.1) is 12.3 Å². The fraction of sp³-hybridized carbons (Fsp3) is 0.765. The second-order valence-corrected chi connectivity index (χ2v) is 6.91. The number of hydrogen-bond acceptors (Lipinski definition) is 3. The minimum absolute atomic E-state index is 0.303. The van der Waals surface area contributed by atoms with Gasteiger partial charge in [0.05, 0.1) is 6.54 Å². The first-order chi connectivity index (χ1) is 9.32. The largest absolute Gasteiger partial charge is 0.465 e. The molecule has 0 aliphatic rings. The van der Waals surface area contributed by atoms with Crippen molar-refractivity contribution in [3.05, 3.63) is 23.7 Å². The summed E-state index contributed by atoms with van der Waals surface area (Å²) in [5.74, 6) is 2.05. The molecule has 0 saturated heterocycles. The summed E-state index contributed by atoms with van der Waals surface area (Å²) in [6, 6.07) is 4.66. The maximum Gasteiger partial charge on any atom is 0.118 e. The summed E-state index contributed by atoms with van der Waals surface area (Å²) in [6.07, 6.45) is 2.35. The molecule has 0 bridgehead atoms. The summed E-state index contributed by atoms with van der Waals surface area (Å²) < 4.78 is 5.64. The van der Waals surface area contributed by atoms with Crippen LogP contribution in [0.15, 0.2) is 16.5 Å². The zero-order valence-corrected chi connectivity index (χ0v) is 14.1. The molecule has 1 unspecified atom stereocenters. The molecule has 0 aliphatic heterocycles. The van der Waals surface area contributed by atoms with Crippen molar-refractivity contribution in [2.24, 2.45) is 5.41 Å². The molecule has 3 nitrogen and oxygen atoms in total. The van der Waals surface area contributed by atoms with E-state index in [1.165, 1.54) is 12.8 Å². The smallest absolute Gasteiger partial charge is 0.118 e. The molecule has 0 aromatic carbocycles. The van der Waals surface area contributed by atoms with Crippen LogP contribution in [0.5, 0.6) is 0 Å². The summed E-state index contributed by atoms with van der Waals surface area (Å²) in [7, 11) is 2.16. The summed E-state index contributed by atoms with van der Waals surface area (Å²) in [5, 5.41) is 3.68. The number of nitrogens with zero attached hydrogens (tertiary/aromatic N) is 1. The summed E-state index contributed by atoms with van der Waals surface area (Å²) in [4.78, 5) is 2.34. The third kappa shape index (κ3) is 6.10. The Bertz CT molecular complexity index is 379. The van der Waals surface area contributed by atoms with E-state index >= 15 is 0 Å². The highest BCUT2D eigenvalue weighted by Crippen LogP contribution is 2.22. The van der Waals surface area contributed by atoms with Gasteiger partial charge in [-0.05, 0) is 57.5 Å². The molecular weight excluding hydrogens is 248 g/mol. The summed E-state index contributed by atoms with van der Waals surface area (Å²) >= 11 is 0. The first kappa shape index (κ1) is 17.3. The molecule has 1 atom stereocenters. The van der Waals surface area contributed by atoms with E-state index in [1.54, 1.807) is 0 Å². The van der Waals surface area contributed by atoms with Crippen LogP contribution in [0.4, 0.5) is 0 Å². The maximum atomic E-state index is 5.64. The molecule has 3 heteroatoms. The van der Waals surface area contributed by atoms with Gasteiger partial charge in [-0.3, -0.25) is 4.90 Å². The lowest BCUT2D eigenvalue weighted by Crippen LogP contribution is -2.42. The molecule has 0 aliphatic carbocycles. The highest BCUT2D eigenvalue weighted by atomic mass is 16.3. The van der Waals surface area contributed by atoms with E-state index in [1.807, 2.05) is 13.0 Å². The highest BCUT2D eigenvalue weighted by molar-refractivity contribution is 5.05. The van der Waals surface area contributed by atoms with Crippen LogP contribution < -0.4 is 5.32 Å². The first-order valence-electron chi connectivity index (χ1n) is 7.80. The zero-order valence-electron chi connectivity index (χ0n) is 14.1. The molecule has 0 radical (unpaired) electrons. The van der Waals surface area contributed by atoms with Gasteiger partial charge in [0.2, 0.25) is 0 Å². The van der Waals surface area contributed by atoms with E-state index in [2.05, 4.69) is 51.0 Å². The van der Waals surface area contributed by atoms with Crippen molar-refractivity contribution in [2.45, 2.75) is 60.0 Å². The van der Waals surface area contributed by atoms with Gasteiger partial charge in [-0.1, -0.05) is 27.7 Å². The van der Waals surface area contributed by atoms with Crippen LogP contribution in [0.25, 0.3) is 0 Å². The van der Waals surface area contributed by atoms with E-state index in [9.17, 15) is 0 Å². The molecule has 0 amide bonds. The molecule has 1 N–H and O–H groups in total. The fourth-order valence-corrected chi connectivity index (χ4v) is 2.42. The molecule has 0 spiro atoms. The first-order valence-corrected chi connectivity index (χ1v) is 7.80. The second kappa shape index (κ2) is 7.84. The zero-order chi connectivity index (χ0) is 15.2. The Labute approximate surface area is 124 Å². The average molecular weight is 280 g/mol. The third-order valence-electron chi connectivity index (χ3n) is 3.71. The van der Waals surface area contributed by atoms with E-state index < -0.39 is 0 Å². The highest BCUT2D eigenvalue weighted by Gasteiger charge is 2.23. The van der Waals surface area contributed by atoms with Crippen LogP contribution in [-0.4, -0.2) is 31.1 Å². The van der Waals surface area contributed by atoms with Gasteiger partial charge in [-0.15, -0.1) is 0 Å². The van der Waals surface area contributed by atoms with Gasteiger partial charge in [0.1, 0.15) is 11.5 Å². The lowest BCUT2D eigenvalue weighted by Gasteiger charge is -2.33. The Balaban J connectivity index is 2.41. The van der Waals surface area contributed by atoms with Gasteiger partial charge in [0.15, 0.2) is 0 Å². The van der Waals surface area contributed by atoms with Crippen LogP contribution in [-0.2, 0) is 6.54 Å². The van der Waals surface area contributed by atoms with Crippen LogP contribution in [0.2, 0.25) is 0 Å². The van der Waals surface area contributed by atoms with Gasteiger partial charge in [0, 0.05) is 6.04 Å². The topological polar surface area (TPSA) is 28.4 Å². The molecule has 0 fully saturated rings. The number of hydrogen-bond donors (Lipinski definition) is 1. The monoisotopic (exact) mass is 280 g/mol. The van der Waals surface area contributed by atoms with Crippen molar-refractivity contribution in [3.8, 4) is 0 Å². The quantitative estimate of drug-likeness (QED) is 0.784. The Morgan fingerprint density at radius 2 is 2.00 bits per heavy atom. The van der Waals surface area contributed by atoms with Gasteiger partial charge in [-0.2, -0.15) is 0 Å². The molecule has 1 aromatic rings. The lowest BCUT2D eigenvalue weighted by atomic mass is 9.84. The standard InChI is InChI=1S/C17H32N2O/c1-7-11-18-16(17(3,4)5)10-12-19(6)13-15-9-8-14(2)20-15/h8-9,16,18H,7,10-13H2,1-6H3. The van der Waals surface area contributed by atoms with Gasteiger partial charge >= 0.3 is 0 Å². The van der Waals surface area contributed by atoms with Gasteiger partial charge in [-0.25, -0.2) is 0 Å². The number of aryl methyl sites for hydroxylation is 1. The van der Waals surface area contributed by atoms with E-state index in [4.69, 9.17) is 4.42 Å². The molecule has 1 rings (SSSR count). The van der Waals surface area contributed by atoms with E-state index in [-0.39, 0.29) is 0 Å². The predicted octanol–water partition coefficient (Wildman–Crippen LogP) is 3.82. The SMILES string of the molecule is CCCNC(CCN(C)Cc1ccc(C)o1)C(C)(C)C. The summed E-state index contributed by atoms with van der Waals surface area (Å²) in [6.45, 7) is 14.2. The van der Waals surface area contributed by atoms with Gasteiger partial charge in [0.25, 0.3) is 0 Å². The Hall–Kier alpha value is -0.800. The molecule has 0 saturated carbocycles. The van der Waals surface area contributed by atoms with Crippen LogP contribution in [0.3, 0.4) is 0 Å². The van der Waals surface area contributed by atoms with Crippen LogP contribution in [0.1, 0.15) is 52.1 Å². The minimum Gasteiger partial charge on any atom is -0.465 e. The summed E-state index contributed by atoms with van der Waals surface area (Å²) in [5.41, 5.74) is 0.303. The number of nitrogens with one attached hydrogen (secondary N) is 1. The molecule has 1 heterocycles. The Morgan fingerprint density at radius 3 is 2.50 bits per heavy atom. The number of rotatable bonds is 8. The third-order valence-corrected chi connectivity index (χ3v) is 3.71. The van der Waals surface area contributed by atoms with Crippen molar-refractivity contribution >= 4 is 0 Å². The van der Waals surface area contributed by atoms with Crippen molar-refractivity contribution in [3.63, 3.8) is 0 Å². The van der Waals surface area contributed by atoms with Crippen molar-refractivity contribution < 1.29 is 4.42 Å². The lowest BCUT2D eigenvalue weighted by molar-refractivity contribution is 0.212. The average Bonchev–Trinajstić information content (AvgIpc) is 2.73. The van der Waals surface area contributed by atoms with Gasteiger partial charge < -0.3 is 9.73 Å². The maximum absolute atomic E-state index is 5.64. The molecule has 1 aromatic heterocycles. The normalized spacial score (nSPS) is 13.9. The molecule has 20 heavy (non-hydrogen) atoms. The molecule has 116 valence electrons. The van der Waals surface area contributed by atoms with Crippen molar-refractivity contribution in [1.29, 1.82) is 0 Å². The minimum atomic E-state index is 0.303. The van der Waals surface area contributed by atoms with E-state index in [0.29, 0.717) is 11.5 Å². The second-order valence-electron chi connectivity index (χ2n) is 6.91. The van der Waals surface area contributed by atoms with Crippen LogP contribution >= 0.6 is 0 Å². The van der Waals surface area contributed by atoms with E-state index in [0.717, 1.165) is 31.2 Å². The Morgan fingerprint density at radius 1 is 1.30 bits per heavy atom.